The number of para-hydroxylation sites is 1. The third kappa shape index (κ3) is 7.78. The molecule has 3 heterocycles. The van der Waals surface area contributed by atoms with Gasteiger partial charge < -0.3 is 14.5 Å². The molecule has 0 unspecified atom stereocenters. The smallest absolute Gasteiger partial charge is 0.0714 e. The average molecular weight is 1210 g/mol. The number of fused-ring (bicyclic) bond motifs is 15. The Morgan fingerprint density at radius 2 is 0.656 bits per heavy atom. The van der Waals surface area contributed by atoms with Gasteiger partial charge in [0.25, 0.3) is 0 Å². The van der Waals surface area contributed by atoms with Crippen LogP contribution in [-0.4, -0.2) is 14.5 Å². The lowest BCUT2D eigenvalue weighted by atomic mass is 9.67. The third-order valence-corrected chi connectivity index (χ3v) is 20.0. The number of rotatable bonds is 7. The highest BCUT2D eigenvalue weighted by atomic mass is 79.9. The van der Waals surface area contributed by atoms with Crippen molar-refractivity contribution in [1.29, 1.82) is 0 Å². The zero-order valence-electron chi connectivity index (χ0n) is 49.0. The van der Waals surface area contributed by atoms with Gasteiger partial charge in [0.15, 0.2) is 0 Å². The first-order valence-electron chi connectivity index (χ1n) is 31.0. The lowest BCUT2D eigenvalue weighted by Crippen LogP contribution is -2.28. The molecule has 14 aromatic carbocycles. The molecule has 0 radical (unpaired) electrons. The Kier molecular flexibility index (Phi) is 11.9. The summed E-state index contributed by atoms with van der Waals surface area (Å²) in [7, 11) is 0. The van der Waals surface area contributed by atoms with Gasteiger partial charge in [-0.3, -0.25) is 0 Å². The van der Waals surface area contributed by atoms with Crippen LogP contribution in [0.2, 0.25) is 0 Å². The number of H-pyrrole nitrogens is 2. The lowest BCUT2D eigenvalue weighted by molar-refractivity contribution is 0.769. The first-order valence-corrected chi connectivity index (χ1v) is 31.8. The average Bonchev–Trinajstić information content (AvgIpc) is 1.55. The summed E-state index contributed by atoms with van der Waals surface area (Å²) in [6, 6.07) is 120. The first kappa shape index (κ1) is 52.1. The normalized spacial score (nSPS) is 13.3. The van der Waals surface area contributed by atoms with Crippen LogP contribution in [0.4, 0.5) is 0 Å². The first-order chi connectivity index (χ1) is 44.5. The standard InChI is InChI=1S/C55H36N2.C31H20BrN/c1-4-15-36(16-5-1)37-17-14-22-42(31-37)57-53-26-13-11-24-44(53)48-33-39(28-30-54(48)57)38-27-29-51-46(32-38)47-34-45-43-23-10-12-25-49(43)55(40-18-6-2-7-19-40,41-20-8-3-9-21-41)50(45)35-52(47)56-51;32-22-15-16-29-25(17-22)26-18-24-23-13-7-8-14-27(23)31(20-9-3-1-4-10-20,21-11-5-2-6-12-21)28(24)19-30(26)33-29/h1-35,56H;1-19,33H. The van der Waals surface area contributed by atoms with Crippen LogP contribution in [0.3, 0.4) is 0 Å². The van der Waals surface area contributed by atoms with Crippen molar-refractivity contribution in [1.82, 2.24) is 14.5 Å². The maximum absolute atomic E-state index is 3.84. The Balaban J connectivity index is 0.000000155. The summed E-state index contributed by atoms with van der Waals surface area (Å²) >= 11 is 3.66. The number of benzene rings is 14. The molecule has 90 heavy (non-hydrogen) atoms. The van der Waals surface area contributed by atoms with Crippen LogP contribution >= 0.6 is 15.9 Å². The quantitative estimate of drug-likeness (QED) is 0.160. The number of aromatic amines is 2. The Morgan fingerprint density at radius 3 is 1.21 bits per heavy atom. The largest absolute Gasteiger partial charge is 0.355 e. The van der Waals surface area contributed by atoms with Gasteiger partial charge in [-0.15, -0.1) is 0 Å². The summed E-state index contributed by atoms with van der Waals surface area (Å²) in [4.78, 5) is 7.52. The van der Waals surface area contributed by atoms with E-state index in [1.54, 1.807) is 0 Å². The molecule has 3 aromatic heterocycles. The summed E-state index contributed by atoms with van der Waals surface area (Å²) in [5.74, 6) is 0. The van der Waals surface area contributed by atoms with Crippen molar-refractivity contribution in [3.8, 4) is 50.2 Å². The van der Waals surface area contributed by atoms with Gasteiger partial charge in [-0.1, -0.05) is 259 Å². The Bertz CT molecular complexity index is 5580. The van der Waals surface area contributed by atoms with Crippen LogP contribution in [0.25, 0.3) is 116 Å². The highest BCUT2D eigenvalue weighted by Gasteiger charge is 2.48. The second-order valence-electron chi connectivity index (χ2n) is 24.1. The number of hydrogen-bond acceptors (Lipinski definition) is 0. The molecule has 2 N–H and O–H groups in total. The van der Waals surface area contributed by atoms with Gasteiger partial charge in [-0.05, 0) is 174 Å². The van der Waals surface area contributed by atoms with Crippen LogP contribution in [0, 0.1) is 0 Å². The molecule has 0 atom stereocenters. The van der Waals surface area contributed by atoms with E-state index in [1.165, 1.54) is 138 Å². The number of hydrogen-bond donors (Lipinski definition) is 2. The molecule has 422 valence electrons. The van der Waals surface area contributed by atoms with Crippen LogP contribution in [0.5, 0.6) is 0 Å². The summed E-state index contributed by atoms with van der Waals surface area (Å²) in [6.07, 6.45) is 0. The second kappa shape index (κ2) is 20.5. The van der Waals surface area contributed by atoms with E-state index >= 15 is 0 Å². The summed E-state index contributed by atoms with van der Waals surface area (Å²) in [5, 5.41) is 7.49. The lowest BCUT2D eigenvalue weighted by Gasteiger charge is -2.33. The van der Waals surface area contributed by atoms with E-state index in [9.17, 15) is 0 Å². The molecule has 2 aliphatic carbocycles. The van der Waals surface area contributed by atoms with E-state index in [4.69, 9.17) is 0 Å². The molecule has 0 bridgehead atoms. The minimum atomic E-state index is -0.428. The van der Waals surface area contributed by atoms with Crippen molar-refractivity contribution in [3.63, 3.8) is 0 Å². The maximum atomic E-state index is 3.84. The van der Waals surface area contributed by atoms with Crippen LogP contribution in [0.15, 0.2) is 332 Å². The van der Waals surface area contributed by atoms with Crippen molar-refractivity contribution in [3.05, 3.63) is 377 Å². The van der Waals surface area contributed by atoms with Crippen molar-refractivity contribution in [2.45, 2.75) is 10.8 Å². The fourth-order valence-electron chi connectivity index (χ4n) is 15.7. The summed E-state index contributed by atoms with van der Waals surface area (Å²) < 4.78 is 3.51. The zero-order chi connectivity index (χ0) is 59.5. The molecular formula is C86H56BrN3. The Labute approximate surface area is 530 Å². The second-order valence-corrected chi connectivity index (χ2v) is 25.1. The number of halogens is 1. The molecule has 0 aliphatic heterocycles. The van der Waals surface area contributed by atoms with Gasteiger partial charge in [0.05, 0.1) is 21.9 Å². The van der Waals surface area contributed by atoms with E-state index in [1.807, 2.05) is 0 Å². The third-order valence-electron chi connectivity index (χ3n) is 19.5. The molecular weight excluding hydrogens is 1150 g/mol. The molecule has 0 saturated heterocycles. The van der Waals surface area contributed by atoms with Gasteiger partial charge in [-0.25, -0.2) is 0 Å². The van der Waals surface area contributed by atoms with Gasteiger partial charge >= 0.3 is 0 Å². The molecule has 0 saturated carbocycles. The molecule has 3 nitrogen and oxygen atoms in total. The monoisotopic (exact) mass is 1210 g/mol. The molecule has 2 aliphatic rings. The maximum Gasteiger partial charge on any atom is 0.0714 e. The predicted octanol–water partition coefficient (Wildman–Crippen LogP) is 22.6. The van der Waals surface area contributed by atoms with E-state index in [0.717, 1.165) is 26.7 Å². The molecule has 0 fully saturated rings. The van der Waals surface area contributed by atoms with Crippen molar-refractivity contribution in [2.24, 2.45) is 0 Å². The number of nitrogens with zero attached hydrogens (tertiary/aromatic N) is 1. The minimum absolute atomic E-state index is 0.361. The fourth-order valence-corrected chi connectivity index (χ4v) is 16.1. The Hall–Kier alpha value is -11.0. The Morgan fingerprint density at radius 1 is 0.244 bits per heavy atom. The fraction of sp³-hybridized carbons (Fsp3) is 0.0233. The van der Waals surface area contributed by atoms with Crippen molar-refractivity contribution in [2.75, 3.05) is 0 Å². The molecule has 4 heteroatoms. The highest BCUT2D eigenvalue weighted by molar-refractivity contribution is 9.10. The number of nitrogens with one attached hydrogen (secondary N) is 2. The molecule has 0 spiro atoms. The summed E-state index contributed by atoms with van der Waals surface area (Å²) in [6.45, 7) is 0. The predicted molar refractivity (Wildman–Crippen MR) is 379 cm³/mol. The van der Waals surface area contributed by atoms with Crippen LogP contribution in [-0.2, 0) is 10.8 Å². The van der Waals surface area contributed by atoms with Gasteiger partial charge in [0.1, 0.15) is 0 Å². The van der Waals surface area contributed by atoms with E-state index < -0.39 is 5.41 Å². The van der Waals surface area contributed by atoms with Gasteiger partial charge in [-0.2, -0.15) is 0 Å². The topological polar surface area (TPSA) is 36.5 Å². The molecule has 0 amide bonds. The minimum Gasteiger partial charge on any atom is -0.355 e. The van der Waals surface area contributed by atoms with Gasteiger partial charge in [0.2, 0.25) is 0 Å². The van der Waals surface area contributed by atoms with E-state index in [-0.39, 0.29) is 5.41 Å². The zero-order valence-corrected chi connectivity index (χ0v) is 50.6. The van der Waals surface area contributed by atoms with Crippen molar-refractivity contribution < 1.29 is 0 Å². The van der Waals surface area contributed by atoms with Crippen LogP contribution < -0.4 is 0 Å². The van der Waals surface area contributed by atoms with Crippen molar-refractivity contribution >= 4 is 81.3 Å². The van der Waals surface area contributed by atoms with E-state index in [2.05, 4.69) is 358 Å². The highest BCUT2D eigenvalue weighted by Crippen LogP contribution is 2.59. The SMILES string of the molecule is Brc1ccc2[nH]c3cc4c(cc3c2c1)-c1ccccc1C4(c1ccccc1)c1ccccc1.c1ccc(-c2cccc(-n3c4ccccc4c4cc(-c5ccc6[nH]c7cc8c(cc7c6c5)-c5ccccc5C8(c5ccccc5)c5ccccc5)ccc43)c2)cc1. The van der Waals surface area contributed by atoms with Gasteiger partial charge in [0, 0.05) is 64.5 Å². The number of aromatic nitrogens is 3. The molecule has 17 aromatic rings. The van der Waals surface area contributed by atoms with E-state index in [0.29, 0.717) is 0 Å². The summed E-state index contributed by atoms with van der Waals surface area (Å²) in [5.41, 5.74) is 27.9. The van der Waals surface area contributed by atoms with Crippen LogP contribution in [0.1, 0.15) is 44.5 Å². The molecule has 19 rings (SSSR count).